The van der Waals surface area contributed by atoms with Crippen molar-refractivity contribution in [2.24, 2.45) is 0 Å². The van der Waals surface area contributed by atoms with Gasteiger partial charge >= 0.3 is 0 Å². The first-order valence-corrected chi connectivity index (χ1v) is 10.1. The number of nitrogens with one attached hydrogen (secondary N) is 1. The average molecular weight is 402 g/mol. The van der Waals surface area contributed by atoms with Crippen molar-refractivity contribution < 1.29 is 18.5 Å². The summed E-state index contributed by atoms with van der Waals surface area (Å²) in [6.45, 7) is 4.99. The Morgan fingerprint density at radius 2 is 2.00 bits per heavy atom. The standard InChI is InChI=1S/C21H27FN4O3/c1-14(2)20-24-19(29-25-20)9-5-8-18(27)23-15-10-12-26(13-11-15)21(28)16-6-3-4-7-17(16)22/h3-4,6-7,14-15H,5,8-13H2,1-2H3,(H,23,27). The molecule has 1 N–H and O–H groups in total. The van der Waals surface area contributed by atoms with Gasteiger partial charge in [0.1, 0.15) is 5.82 Å². The summed E-state index contributed by atoms with van der Waals surface area (Å²) in [5, 5.41) is 6.93. The predicted octanol–water partition coefficient (Wildman–Crippen LogP) is 3.08. The zero-order valence-electron chi connectivity index (χ0n) is 16.9. The van der Waals surface area contributed by atoms with Gasteiger partial charge in [-0.2, -0.15) is 4.98 Å². The molecule has 2 aromatic rings. The molecular formula is C21H27FN4O3. The number of nitrogens with zero attached hydrogens (tertiary/aromatic N) is 3. The molecule has 0 unspecified atom stereocenters. The molecule has 2 amide bonds. The highest BCUT2D eigenvalue weighted by Gasteiger charge is 2.25. The molecular weight excluding hydrogens is 375 g/mol. The first-order valence-electron chi connectivity index (χ1n) is 10.1. The topological polar surface area (TPSA) is 88.3 Å². The zero-order chi connectivity index (χ0) is 20.8. The Bertz CT molecular complexity index is 844. The molecule has 3 rings (SSSR count). The van der Waals surface area contributed by atoms with Gasteiger partial charge in [0.25, 0.3) is 5.91 Å². The fourth-order valence-electron chi connectivity index (χ4n) is 3.34. The van der Waals surface area contributed by atoms with Gasteiger partial charge in [-0.25, -0.2) is 4.39 Å². The highest BCUT2D eigenvalue weighted by atomic mass is 19.1. The van der Waals surface area contributed by atoms with Crippen molar-refractivity contribution in [2.45, 2.75) is 57.9 Å². The molecule has 1 fully saturated rings. The van der Waals surface area contributed by atoms with Crippen LogP contribution in [0.4, 0.5) is 4.39 Å². The third-order valence-electron chi connectivity index (χ3n) is 5.05. The van der Waals surface area contributed by atoms with Crippen molar-refractivity contribution in [3.8, 4) is 0 Å². The predicted molar refractivity (Wildman–Crippen MR) is 105 cm³/mol. The lowest BCUT2D eigenvalue weighted by Crippen LogP contribution is -2.46. The highest BCUT2D eigenvalue weighted by Crippen LogP contribution is 2.16. The van der Waals surface area contributed by atoms with E-state index in [1.165, 1.54) is 12.1 Å². The molecule has 0 bridgehead atoms. The summed E-state index contributed by atoms with van der Waals surface area (Å²) in [7, 11) is 0. The van der Waals surface area contributed by atoms with Crippen molar-refractivity contribution in [3.63, 3.8) is 0 Å². The van der Waals surface area contributed by atoms with Crippen molar-refractivity contribution >= 4 is 11.8 Å². The number of hydrogen-bond donors (Lipinski definition) is 1. The Labute approximate surface area is 169 Å². The largest absolute Gasteiger partial charge is 0.353 e. The molecule has 1 aliphatic rings. The van der Waals surface area contributed by atoms with E-state index < -0.39 is 5.82 Å². The molecule has 1 aromatic carbocycles. The Balaban J connectivity index is 1.38. The van der Waals surface area contributed by atoms with Gasteiger partial charge in [0.05, 0.1) is 5.56 Å². The number of hydrogen-bond acceptors (Lipinski definition) is 5. The number of halogens is 1. The van der Waals surface area contributed by atoms with E-state index in [9.17, 15) is 14.0 Å². The van der Waals surface area contributed by atoms with E-state index in [1.54, 1.807) is 17.0 Å². The molecule has 29 heavy (non-hydrogen) atoms. The fraction of sp³-hybridized carbons (Fsp3) is 0.524. The van der Waals surface area contributed by atoms with Crippen molar-refractivity contribution in [3.05, 3.63) is 47.4 Å². The number of piperidine rings is 1. The van der Waals surface area contributed by atoms with Crippen LogP contribution in [0.2, 0.25) is 0 Å². The number of amides is 2. The average Bonchev–Trinajstić information content (AvgIpc) is 3.18. The molecule has 0 radical (unpaired) electrons. The lowest BCUT2D eigenvalue weighted by atomic mass is 10.0. The van der Waals surface area contributed by atoms with E-state index in [1.807, 2.05) is 13.8 Å². The van der Waals surface area contributed by atoms with Gasteiger partial charge in [0.15, 0.2) is 5.82 Å². The normalized spacial score (nSPS) is 15.0. The Morgan fingerprint density at radius 1 is 1.28 bits per heavy atom. The van der Waals surface area contributed by atoms with Crippen LogP contribution in [0, 0.1) is 5.82 Å². The van der Waals surface area contributed by atoms with Crippen LogP contribution in [0.1, 0.15) is 67.5 Å². The number of aryl methyl sites for hydroxylation is 1. The number of carbonyl (C=O) groups excluding carboxylic acids is 2. The minimum Gasteiger partial charge on any atom is -0.353 e. The molecule has 7 nitrogen and oxygen atoms in total. The van der Waals surface area contributed by atoms with E-state index in [4.69, 9.17) is 4.52 Å². The second-order valence-corrected chi connectivity index (χ2v) is 7.67. The first kappa shape index (κ1) is 21.0. The number of carbonyl (C=O) groups is 2. The maximum atomic E-state index is 13.8. The molecule has 1 aliphatic heterocycles. The van der Waals surface area contributed by atoms with Gasteiger partial charge in [0, 0.05) is 37.9 Å². The Kier molecular flexibility index (Phi) is 6.95. The molecule has 0 spiro atoms. The summed E-state index contributed by atoms with van der Waals surface area (Å²) in [5.74, 6) is 0.630. The monoisotopic (exact) mass is 402 g/mol. The Morgan fingerprint density at radius 3 is 2.66 bits per heavy atom. The summed E-state index contributed by atoms with van der Waals surface area (Å²) >= 11 is 0. The van der Waals surface area contributed by atoms with Crippen LogP contribution in [0.3, 0.4) is 0 Å². The molecule has 1 aromatic heterocycles. The summed E-state index contributed by atoms with van der Waals surface area (Å²) in [5.41, 5.74) is 0.0941. The van der Waals surface area contributed by atoms with Gasteiger partial charge in [-0.05, 0) is 31.4 Å². The summed E-state index contributed by atoms with van der Waals surface area (Å²) < 4.78 is 19.0. The molecule has 156 valence electrons. The van der Waals surface area contributed by atoms with Crippen LogP contribution in [-0.4, -0.2) is 46.0 Å². The van der Waals surface area contributed by atoms with Gasteiger partial charge in [-0.15, -0.1) is 0 Å². The molecule has 0 aliphatic carbocycles. The van der Waals surface area contributed by atoms with E-state index in [2.05, 4.69) is 15.5 Å². The minimum atomic E-state index is -0.505. The molecule has 2 heterocycles. The van der Waals surface area contributed by atoms with Crippen LogP contribution < -0.4 is 5.32 Å². The third kappa shape index (κ3) is 5.62. The summed E-state index contributed by atoms with van der Waals surface area (Å²) in [4.78, 5) is 30.6. The molecule has 1 saturated heterocycles. The summed E-state index contributed by atoms with van der Waals surface area (Å²) in [6.07, 6.45) is 2.91. The van der Waals surface area contributed by atoms with Gasteiger partial charge < -0.3 is 14.7 Å². The number of rotatable bonds is 7. The fourth-order valence-corrected chi connectivity index (χ4v) is 3.34. The van der Waals surface area contributed by atoms with Crippen molar-refractivity contribution in [2.75, 3.05) is 13.1 Å². The van der Waals surface area contributed by atoms with Gasteiger partial charge in [-0.1, -0.05) is 31.1 Å². The van der Waals surface area contributed by atoms with Gasteiger partial charge in [-0.3, -0.25) is 9.59 Å². The third-order valence-corrected chi connectivity index (χ3v) is 5.05. The Hall–Kier alpha value is -2.77. The number of benzene rings is 1. The highest BCUT2D eigenvalue weighted by molar-refractivity contribution is 5.94. The maximum absolute atomic E-state index is 13.8. The quantitative estimate of drug-likeness (QED) is 0.769. The first-order chi connectivity index (χ1) is 13.9. The van der Waals surface area contributed by atoms with Crippen LogP contribution in [0.5, 0.6) is 0 Å². The van der Waals surface area contributed by atoms with Crippen LogP contribution >= 0.6 is 0 Å². The second-order valence-electron chi connectivity index (χ2n) is 7.67. The van der Waals surface area contributed by atoms with E-state index in [0.717, 1.165) is 0 Å². The van der Waals surface area contributed by atoms with Gasteiger partial charge in [0.2, 0.25) is 11.8 Å². The van der Waals surface area contributed by atoms with Crippen LogP contribution in [0.15, 0.2) is 28.8 Å². The van der Waals surface area contributed by atoms with E-state index in [-0.39, 0.29) is 29.3 Å². The van der Waals surface area contributed by atoms with Crippen molar-refractivity contribution in [1.29, 1.82) is 0 Å². The zero-order valence-corrected chi connectivity index (χ0v) is 16.9. The smallest absolute Gasteiger partial charge is 0.256 e. The lowest BCUT2D eigenvalue weighted by Gasteiger charge is -2.32. The molecule has 0 atom stereocenters. The molecule has 0 saturated carbocycles. The van der Waals surface area contributed by atoms with E-state index >= 15 is 0 Å². The number of aromatic nitrogens is 2. The van der Waals surface area contributed by atoms with Crippen LogP contribution in [0.25, 0.3) is 0 Å². The van der Waals surface area contributed by atoms with E-state index in [0.29, 0.717) is 56.9 Å². The van der Waals surface area contributed by atoms with Crippen LogP contribution in [-0.2, 0) is 11.2 Å². The molecule has 8 heteroatoms. The minimum absolute atomic E-state index is 0.0209. The lowest BCUT2D eigenvalue weighted by molar-refractivity contribution is -0.122. The second kappa shape index (κ2) is 9.62. The van der Waals surface area contributed by atoms with Crippen molar-refractivity contribution in [1.82, 2.24) is 20.4 Å². The number of likely N-dealkylation sites (tertiary alicyclic amines) is 1. The summed E-state index contributed by atoms with van der Waals surface area (Å²) in [6, 6.07) is 6.04. The maximum Gasteiger partial charge on any atom is 0.256 e. The SMILES string of the molecule is CC(C)c1noc(CCCC(=O)NC2CCN(C(=O)c3ccccc3F)CC2)n1.